The second-order valence-electron chi connectivity index (χ2n) is 7.30. The Morgan fingerprint density at radius 1 is 1.22 bits per heavy atom. The third-order valence-corrected chi connectivity index (χ3v) is 4.39. The molecule has 6 nitrogen and oxygen atoms in total. The van der Waals surface area contributed by atoms with Crippen LogP contribution in [0.15, 0.2) is 0 Å². The first-order valence-electron chi connectivity index (χ1n) is 8.25. The van der Waals surface area contributed by atoms with Crippen LogP contribution >= 0.6 is 0 Å². The van der Waals surface area contributed by atoms with Crippen LogP contribution in [0.2, 0.25) is 0 Å². The van der Waals surface area contributed by atoms with Crippen molar-refractivity contribution >= 4 is 11.9 Å². The smallest absolute Gasteiger partial charge is 0.311 e. The summed E-state index contributed by atoms with van der Waals surface area (Å²) in [5.74, 6) is -0.611. The minimum Gasteiger partial charge on any atom is -0.463 e. The van der Waals surface area contributed by atoms with E-state index in [9.17, 15) is 14.7 Å². The van der Waals surface area contributed by atoms with Crippen LogP contribution in [0.5, 0.6) is 0 Å². The molecule has 6 heteroatoms. The topological polar surface area (TPSA) is 85.4 Å². The molecular weight excluding hydrogens is 300 g/mol. The molecule has 0 aromatic heterocycles. The summed E-state index contributed by atoms with van der Waals surface area (Å²) in [5.41, 5.74) is -1.35. The number of carbonyl (C=O) groups is 2. The molecule has 1 rings (SSSR count). The molecule has 0 radical (unpaired) electrons. The number of rotatable bonds is 10. The quantitative estimate of drug-likeness (QED) is 0.487. The van der Waals surface area contributed by atoms with Crippen LogP contribution in [0, 0.1) is 10.8 Å². The fraction of sp³-hybridized carbons (Fsp3) is 0.882. The number of carbonyl (C=O) groups excluding carboxylic acids is 2. The van der Waals surface area contributed by atoms with Gasteiger partial charge in [-0.05, 0) is 47.0 Å². The Kier molecular flexibility index (Phi) is 7.02. The number of ether oxygens (including phenoxy) is 3. The number of hydrogen-bond acceptors (Lipinski definition) is 6. The summed E-state index contributed by atoms with van der Waals surface area (Å²) in [6, 6.07) is 0. The predicted octanol–water partition coefficient (Wildman–Crippen LogP) is 2.08. The molecule has 0 aliphatic carbocycles. The number of aliphatic hydroxyl groups is 1. The molecule has 0 aromatic carbocycles. The van der Waals surface area contributed by atoms with Gasteiger partial charge >= 0.3 is 11.9 Å². The molecule has 1 N–H and O–H groups in total. The lowest BCUT2D eigenvalue weighted by Crippen LogP contribution is -2.35. The molecule has 1 saturated heterocycles. The minimum absolute atomic E-state index is 0.0127. The fourth-order valence-electron chi connectivity index (χ4n) is 2.01. The Labute approximate surface area is 138 Å². The molecule has 1 fully saturated rings. The molecule has 134 valence electrons. The van der Waals surface area contributed by atoms with E-state index in [-0.39, 0.29) is 24.6 Å². The van der Waals surface area contributed by atoms with Crippen LogP contribution in [0.4, 0.5) is 0 Å². The number of hydrogen-bond donors (Lipinski definition) is 1. The monoisotopic (exact) mass is 330 g/mol. The van der Waals surface area contributed by atoms with Gasteiger partial charge in [0, 0.05) is 0 Å². The lowest BCUT2D eigenvalue weighted by molar-refractivity contribution is -0.161. The van der Waals surface area contributed by atoms with E-state index in [4.69, 9.17) is 14.2 Å². The number of aliphatic hydroxyl groups excluding tert-OH is 1. The normalized spacial score (nSPS) is 21.2. The van der Waals surface area contributed by atoms with Crippen LogP contribution in [-0.2, 0) is 23.8 Å². The van der Waals surface area contributed by atoms with Crippen LogP contribution in [-0.4, -0.2) is 49.1 Å². The van der Waals surface area contributed by atoms with Crippen LogP contribution in [0.1, 0.15) is 53.9 Å². The standard InChI is InChI=1S/C17H30O6/c1-6-17(5,15(20)22-9-12(2)18)8-7-16(3,4)14(19)23-11-13-10-21-13/h12-13,18H,6-11H2,1-5H3. The van der Waals surface area contributed by atoms with E-state index < -0.39 is 16.9 Å². The van der Waals surface area contributed by atoms with Crippen molar-refractivity contribution in [3.05, 3.63) is 0 Å². The Hall–Kier alpha value is -1.14. The molecule has 0 bridgehead atoms. The summed E-state index contributed by atoms with van der Waals surface area (Å²) < 4.78 is 15.4. The Bertz CT molecular complexity index is 413. The van der Waals surface area contributed by atoms with Gasteiger partial charge in [-0.25, -0.2) is 0 Å². The molecule has 1 aliphatic rings. The van der Waals surface area contributed by atoms with Crippen molar-refractivity contribution in [2.45, 2.75) is 66.1 Å². The highest BCUT2D eigenvalue weighted by Gasteiger charge is 2.38. The number of esters is 2. The largest absolute Gasteiger partial charge is 0.463 e. The molecule has 3 unspecified atom stereocenters. The zero-order valence-electron chi connectivity index (χ0n) is 14.9. The zero-order valence-corrected chi connectivity index (χ0v) is 14.9. The van der Waals surface area contributed by atoms with Crippen molar-refractivity contribution in [3.8, 4) is 0 Å². The van der Waals surface area contributed by atoms with E-state index in [2.05, 4.69) is 0 Å². The molecule has 0 saturated carbocycles. The van der Waals surface area contributed by atoms with Gasteiger partial charge in [0.2, 0.25) is 0 Å². The first kappa shape index (κ1) is 19.9. The summed E-state index contributed by atoms with van der Waals surface area (Å²) in [6.07, 6.45) is 1.00. The SMILES string of the molecule is CCC(C)(CCC(C)(C)C(=O)OCC1CO1)C(=O)OCC(C)O. The second-order valence-corrected chi connectivity index (χ2v) is 7.30. The first-order chi connectivity index (χ1) is 10.6. The van der Waals surface area contributed by atoms with Crippen LogP contribution < -0.4 is 0 Å². The Morgan fingerprint density at radius 2 is 1.83 bits per heavy atom. The molecule has 0 amide bonds. The molecule has 0 spiro atoms. The van der Waals surface area contributed by atoms with E-state index in [0.29, 0.717) is 32.5 Å². The maximum Gasteiger partial charge on any atom is 0.311 e. The van der Waals surface area contributed by atoms with Crippen molar-refractivity contribution in [1.29, 1.82) is 0 Å². The van der Waals surface area contributed by atoms with E-state index in [0.717, 1.165) is 0 Å². The molecular formula is C17H30O6. The van der Waals surface area contributed by atoms with Crippen LogP contribution in [0.3, 0.4) is 0 Å². The van der Waals surface area contributed by atoms with Crippen molar-refractivity contribution in [1.82, 2.24) is 0 Å². The van der Waals surface area contributed by atoms with E-state index in [1.54, 1.807) is 6.92 Å². The van der Waals surface area contributed by atoms with Crippen LogP contribution in [0.25, 0.3) is 0 Å². The molecule has 3 atom stereocenters. The maximum atomic E-state index is 12.2. The summed E-state index contributed by atoms with van der Waals surface area (Å²) in [5, 5.41) is 9.23. The second kappa shape index (κ2) is 8.11. The Balaban J connectivity index is 2.51. The van der Waals surface area contributed by atoms with E-state index in [1.165, 1.54) is 0 Å². The molecule has 1 heterocycles. The lowest BCUT2D eigenvalue weighted by Gasteiger charge is -2.30. The van der Waals surface area contributed by atoms with Gasteiger partial charge < -0.3 is 19.3 Å². The first-order valence-corrected chi connectivity index (χ1v) is 8.25. The minimum atomic E-state index is -0.684. The van der Waals surface area contributed by atoms with Gasteiger partial charge in [0.15, 0.2) is 0 Å². The highest BCUT2D eigenvalue weighted by Crippen LogP contribution is 2.35. The lowest BCUT2D eigenvalue weighted by atomic mass is 9.76. The summed E-state index contributed by atoms with van der Waals surface area (Å²) >= 11 is 0. The summed E-state index contributed by atoms with van der Waals surface area (Å²) in [7, 11) is 0. The summed E-state index contributed by atoms with van der Waals surface area (Å²) in [6.45, 7) is 9.89. The van der Waals surface area contributed by atoms with Crippen molar-refractivity contribution < 1.29 is 28.9 Å². The number of epoxide rings is 1. The van der Waals surface area contributed by atoms with Gasteiger partial charge in [-0.2, -0.15) is 0 Å². The van der Waals surface area contributed by atoms with Gasteiger partial charge in [-0.1, -0.05) is 6.92 Å². The van der Waals surface area contributed by atoms with Gasteiger partial charge in [0.1, 0.15) is 19.3 Å². The average molecular weight is 330 g/mol. The molecule has 23 heavy (non-hydrogen) atoms. The highest BCUT2D eigenvalue weighted by atomic mass is 16.6. The maximum absolute atomic E-state index is 12.2. The van der Waals surface area contributed by atoms with Crippen molar-refractivity contribution in [2.24, 2.45) is 10.8 Å². The van der Waals surface area contributed by atoms with Crippen molar-refractivity contribution in [2.75, 3.05) is 19.8 Å². The third-order valence-electron chi connectivity index (χ3n) is 4.39. The highest BCUT2D eigenvalue weighted by molar-refractivity contribution is 5.77. The Morgan fingerprint density at radius 3 is 2.30 bits per heavy atom. The van der Waals surface area contributed by atoms with Gasteiger partial charge in [0.25, 0.3) is 0 Å². The zero-order chi connectivity index (χ0) is 17.7. The fourth-order valence-corrected chi connectivity index (χ4v) is 2.01. The molecule has 0 aromatic rings. The summed E-state index contributed by atoms with van der Waals surface area (Å²) in [4.78, 5) is 24.4. The third kappa shape index (κ3) is 6.47. The van der Waals surface area contributed by atoms with E-state index in [1.807, 2.05) is 27.7 Å². The van der Waals surface area contributed by atoms with E-state index >= 15 is 0 Å². The predicted molar refractivity (Wildman–Crippen MR) is 84.8 cm³/mol. The van der Waals surface area contributed by atoms with Crippen molar-refractivity contribution in [3.63, 3.8) is 0 Å². The average Bonchev–Trinajstić information content (AvgIpc) is 3.31. The molecule has 1 aliphatic heterocycles. The van der Waals surface area contributed by atoms with Gasteiger partial charge in [-0.15, -0.1) is 0 Å². The van der Waals surface area contributed by atoms with Gasteiger partial charge in [0.05, 0.1) is 23.5 Å². The van der Waals surface area contributed by atoms with Gasteiger partial charge in [-0.3, -0.25) is 9.59 Å².